The fraction of sp³-hybridized carbons (Fsp3) is 0.250. The number of hydrazine groups is 1. The van der Waals surface area contributed by atoms with Gasteiger partial charge < -0.3 is 9.63 Å². The number of para-hydroxylation sites is 1. The number of imidazole rings is 1. The molecule has 10 heteroatoms. The van der Waals surface area contributed by atoms with E-state index in [0.717, 1.165) is 5.56 Å². The predicted octanol–water partition coefficient (Wildman–Crippen LogP) is 1.34. The highest BCUT2D eigenvalue weighted by Gasteiger charge is 2.48. The molecule has 0 radical (unpaired) electrons. The summed E-state index contributed by atoms with van der Waals surface area (Å²) in [4.78, 5) is 12.7. The number of nitrogens with zero attached hydrogens (tertiary/aromatic N) is 7. The van der Waals surface area contributed by atoms with Crippen molar-refractivity contribution in [2.75, 3.05) is 16.7 Å². The summed E-state index contributed by atoms with van der Waals surface area (Å²) >= 11 is 0. The number of anilines is 2. The number of rotatable bonds is 2. The first kappa shape index (κ1) is 14.0. The van der Waals surface area contributed by atoms with Gasteiger partial charge in [-0.15, -0.1) is 0 Å². The van der Waals surface area contributed by atoms with E-state index in [9.17, 15) is 9.50 Å². The molecular formula is C16H12FN7O2. The van der Waals surface area contributed by atoms with Gasteiger partial charge in [0.1, 0.15) is 12.3 Å². The van der Waals surface area contributed by atoms with Crippen LogP contribution in [-0.2, 0) is 5.60 Å². The average Bonchev–Trinajstić information content (AvgIpc) is 3.06. The SMILES string of the molecule is OC1(c2noc(N3CN=C4c5ccccc5-n5c(cnc5F)N43)n2)CC1. The van der Waals surface area contributed by atoms with Gasteiger partial charge >= 0.3 is 6.01 Å². The summed E-state index contributed by atoms with van der Waals surface area (Å²) < 4.78 is 21.1. The lowest BCUT2D eigenvalue weighted by Crippen LogP contribution is -2.45. The lowest BCUT2D eigenvalue weighted by molar-refractivity contribution is 0.137. The molecule has 2 aliphatic heterocycles. The summed E-state index contributed by atoms with van der Waals surface area (Å²) in [5, 5.41) is 17.4. The van der Waals surface area contributed by atoms with Crippen LogP contribution in [0.1, 0.15) is 24.2 Å². The first-order chi connectivity index (χ1) is 12.7. The van der Waals surface area contributed by atoms with Gasteiger partial charge in [0.15, 0.2) is 11.7 Å². The first-order valence-electron chi connectivity index (χ1n) is 8.17. The Morgan fingerprint density at radius 1 is 1.23 bits per heavy atom. The number of aromatic nitrogens is 4. The van der Waals surface area contributed by atoms with Crippen LogP contribution in [0, 0.1) is 6.08 Å². The Labute approximate surface area is 146 Å². The highest BCUT2D eigenvalue weighted by Crippen LogP contribution is 2.44. The molecule has 1 saturated carbocycles. The van der Waals surface area contributed by atoms with Gasteiger partial charge in [-0.25, -0.2) is 20.0 Å². The molecule has 9 nitrogen and oxygen atoms in total. The Kier molecular flexibility index (Phi) is 2.40. The van der Waals surface area contributed by atoms with Crippen molar-refractivity contribution in [3.05, 3.63) is 47.9 Å². The smallest absolute Gasteiger partial charge is 0.345 e. The Balaban J connectivity index is 1.49. The van der Waals surface area contributed by atoms with Crippen molar-refractivity contribution in [2.24, 2.45) is 4.99 Å². The summed E-state index contributed by atoms with van der Waals surface area (Å²) in [5.41, 5.74) is 0.459. The van der Waals surface area contributed by atoms with Crippen LogP contribution in [0.4, 0.5) is 16.2 Å². The maximum absolute atomic E-state index is 14.3. The minimum absolute atomic E-state index is 0.187. The van der Waals surface area contributed by atoms with Gasteiger partial charge in [-0.3, -0.25) is 4.57 Å². The second-order valence-electron chi connectivity index (χ2n) is 6.50. The van der Waals surface area contributed by atoms with E-state index in [4.69, 9.17) is 4.52 Å². The molecule has 0 spiro atoms. The van der Waals surface area contributed by atoms with E-state index in [1.807, 2.05) is 24.3 Å². The fourth-order valence-corrected chi connectivity index (χ4v) is 3.36. The van der Waals surface area contributed by atoms with Crippen molar-refractivity contribution in [3.8, 4) is 5.69 Å². The minimum atomic E-state index is -0.993. The average molecular weight is 353 g/mol. The number of halogens is 1. The highest BCUT2D eigenvalue weighted by atomic mass is 19.1. The monoisotopic (exact) mass is 353 g/mol. The molecule has 0 saturated heterocycles. The largest absolute Gasteiger partial charge is 0.382 e. The van der Waals surface area contributed by atoms with Gasteiger partial charge in [-0.05, 0) is 25.0 Å². The van der Waals surface area contributed by atoms with Crippen LogP contribution in [0.25, 0.3) is 5.69 Å². The summed E-state index contributed by atoms with van der Waals surface area (Å²) in [5.74, 6) is 1.40. The highest BCUT2D eigenvalue weighted by molar-refractivity contribution is 6.16. The Morgan fingerprint density at radius 2 is 2.08 bits per heavy atom. The lowest BCUT2D eigenvalue weighted by atomic mass is 10.1. The van der Waals surface area contributed by atoms with Crippen LogP contribution in [0.2, 0.25) is 0 Å². The van der Waals surface area contributed by atoms with Crippen molar-refractivity contribution in [3.63, 3.8) is 0 Å². The van der Waals surface area contributed by atoms with E-state index >= 15 is 0 Å². The molecule has 6 rings (SSSR count). The zero-order valence-electron chi connectivity index (χ0n) is 13.4. The van der Waals surface area contributed by atoms with Gasteiger partial charge in [0.25, 0.3) is 6.08 Å². The molecule has 4 heterocycles. The van der Waals surface area contributed by atoms with Crippen molar-refractivity contribution in [2.45, 2.75) is 18.4 Å². The van der Waals surface area contributed by atoms with Crippen molar-refractivity contribution >= 4 is 17.7 Å². The third-order valence-corrected chi connectivity index (χ3v) is 4.88. The first-order valence-corrected chi connectivity index (χ1v) is 8.17. The van der Waals surface area contributed by atoms with Gasteiger partial charge in [0.05, 0.1) is 11.9 Å². The van der Waals surface area contributed by atoms with Crippen molar-refractivity contribution in [1.82, 2.24) is 19.7 Å². The maximum Gasteiger partial charge on any atom is 0.345 e. The molecule has 0 unspecified atom stereocenters. The van der Waals surface area contributed by atoms with Gasteiger partial charge in [-0.1, -0.05) is 17.3 Å². The van der Waals surface area contributed by atoms with Crippen LogP contribution in [0.5, 0.6) is 0 Å². The second-order valence-corrected chi connectivity index (χ2v) is 6.50. The predicted molar refractivity (Wildman–Crippen MR) is 87.3 cm³/mol. The van der Waals surface area contributed by atoms with Crippen LogP contribution in [0.15, 0.2) is 40.0 Å². The molecule has 0 atom stereocenters. The van der Waals surface area contributed by atoms with Crippen molar-refractivity contribution in [1.29, 1.82) is 0 Å². The summed E-state index contributed by atoms with van der Waals surface area (Å²) in [6.45, 7) is 0.233. The van der Waals surface area contributed by atoms with Crippen LogP contribution >= 0.6 is 0 Å². The summed E-state index contributed by atoms with van der Waals surface area (Å²) in [6, 6.07) is 7.59. The van der Waals surface area contributed by atoms with Crippen molar-refractivity contribution < 1.29 is 14.0 Å². The zero-order chi connectivity index (χ0) is 17.5. The molecule has 0 bridgehead atoms. The number of aliphatic imine (C=N–C) groups is 1. The molecule has 0 amide bonds. The summed E-state index contributed by atoms with van der Waals surface area (Å²) in [6.07, 6.45) is 2.05. The molecule has 1 fully saturated rings. The van der Waals surface area contributed by atoms with E-state index in [2.05, 4.69) is 20.1 Å². The third kappa shape index (κ3) is 1.66. The molecular weight excluding hydrogens is 341 g/mol. The summed E-state index contributed by atoms with van der Waals surface area (Å²) in [7, 11) is 0. The number of hydrogen-bond acceptors (Lipinski definition) is 8. The topological polar surface area (TPSA) is 95.8 Å². The van der Waals surface area contributed by atoms with Gasteiger partial charge in [0, 0.05) is 5.56 Å². The maximum atomic E-state index is 14.3. The van der Waals surface area contributed by atoms with E-state index in [-0.39, 0.29) is 18.5 Å². The van der Waals surface area contributed by atoms with E-state index in [1.54, 1.807) is 10.0 Å². The third-order valence-electron chi connectivity index (χ3n) is 4.88. The van der Waals surface area contributed by atoms with E-state index < -0.39 is 11.7 Å². The van der Waals surface area contributed by atoms with E-state index in [0.29, 0.717) is 30.2 Å². The standard InChI is InChI=1S/C16H12FN7O2/c17-14-18-7-11-23(14)10-4-2-1-3-9(10)12-19-8-22(24(11)12)15-20-13(21-26-15)16(25)5-6-16/h1-4,7,25H,5-6,8H2. The molecule has 26 heavy (non-hydrogen) atoms. The molecule has 3 aliphatic rings. The minimum Gasteiger partial charge on any atom is -0.382 e. The number of benzene rings is 1. The normalized spacial score (nSPS) is 19.1. The fourth-order valence-electron chi connectivity index (χ4n) is 3.36. The quantitative estimate of drug-likeness (QED) is 0.742. The van der Waals surface area contributed by atoms with Crippen LogP contribution in [-0.4, -0.2) is 37.3 Å². The Morgan fingerprint density at radius 3 is 2.92 bits per heavy atom. The Hall–Kier alpha value is -3.27. The number of aliphatic hydroxyl groups is 1. The van der Waals surface area contributed by atoms with Crippen LogP contribution < -0.4 is 10.0 Å². The second kappa shape index (κ2) is 4.47. The molecule has 1 aliphatic carbocycles. The zero-order valence-corrected chi connectivity index (χ0v) is 13.4. The number of hydrogen-bond donors (Lipinski definition) is 1. The van der Waals surface area contributed by atoms with Gasteiger partial charge in [-0.2, -0.15) is 9.37 Å². The molecule has 1 aromatic carbocycles. The molecule has 2 aromatic heterocycles. The van der Waals surface area contributed by atoms with Gasteiger partial charge in [0.2, 0.25) is 5.82 Å². The van der Waals surface area contributed by atoms with E-state index in [1.165, 1.54) is 10.8 Å². The molecule has 130 valence electrons. The number of amidine groups is 1. The molecule has 3 aromatic rings. The number of fused-ring (bicyclic) bond motifs is 6. The lowest BCUT2D eigenvalue weighted by Gasteiger charge is -2.32. The van der Waals surface area contributed by atoms with Crippen LogP contribution in [0.3, 0.4) is 0 Å². The Bertz CT molecular complexity index is 1080. The molecule has 1 N–H and O–H groups in total.